The molecule has 0 saturated heterocycles. The molecular formula is C7H14N2. The van der Waals surface area contributed by atoms with E-state index in [4.69, 9.17) is 0 Å². The van der Waals surface area contributed by atoms with Crippen LogP contribution >= 0.6 is 0 Å². The second-order valence-electron chi connectivity index (χ2n) is 1.43. The second-order valence-corrected chi connectivity index (χ2v) is 1.43. The first kappa shape index (κ1) is 8.21. The van der Waals surface area contributed by atoms with Crippen molar-refractivity contribution in [1.29, 1.82) is 0 Å². The Kier molecular flexibility index (Phi) is 4.88. The second kappa shape index (κ2) is 5.35. The van der Waals surface area contributed by atoms with E-state index in [1.54, 1.807) is 6.33 Å². The topological polar surface area (TPSA) is 28.7 Å². The average Bonchev–Trinajstić information content (AvgIpc) is 2.43. The number of nitrogens with one attached hydrogen (secondary N) is 1. The normalized spacial score (nSPS) is 7.89. The third-order valence-electron chi connectivity index (χ3n) is 0.936. The Morgan fingerprint density at radius 1 is 1.56 bits per heavy atom. The van der Waals surface area contributed by atoms with Gasteiger partial charge in [-0.05, 0) is 6.42 Å². The van der Waals surface area contributed by atoms with Crippen LogP contribution in [-0.2, 0) is 6.42 Å². The van der Waals surface area contributed by atoms with Crippen molar-refractivity contribution in [3.8, 4) is 0 Å². The first-order chi connectivity index (χ1) is 4.43. The van der Waals surface area contributed by atoms with Crippen molar-refractivity contribution in [1.82, 2.24) is 9.97 Å². The summed E-state index contributed by atoms with van der Waals surface area (Å²) in [5.41, 5.74) is 1.19. The molecule has 0 aliphatic heterocycles. The van der Waals surface area contributed by atoms with Crippen LogP contribution in [0.3, 0.4) is 0 Å². The van der Waals surface area contributed by atoms with E-state index in [9.17, 15) is 0 Å². The maximum atomic E-state index is 3.84. The smallest absolute Gasteiger partial charge is 0.0921 e. The standard InChI is InChI=1S/C5H8N2.C2H6/c1-2-5-3-6-4-7-5;1-2/h3-4H,2H2,1H3,(H,6,7);1-2H3. The van der Waals surface area contributed by atoms with Gasteiger partial charge in [0.15, 0.2) is 0 Å². The number of aromatic nitrogens is 2. The van der Waals surface area contributed by atoms with Gasteiger partial charge in [-0.3, -0.25) is 0 Å². The Bertz CT molecular complexity index is 121. The van der Waals surface area contributed by atoms with Gasteiger partial charge in [-0.15, -0.1) is 0 Å². The lowest BCUT2D eigenvalue weighted by atomic mass is 10.4. The van der Waals surface area contributed by atoms with Gasteiger partial charge in [0, 0.05) is 11.9 Å². The highest BCUT2D eigenvalue weighted by Crippen LogP contribution is 1.88. The van der Waals surface area contributed by atoms with E-state index < -0.39 is 0 Å². The van der Waals surface area contributed by atoms with Gasteiger partial charge in [-0.25, -0.2) is 4.98 Å². The summed E-state index contributed by atoms with van der Waals surface area (Å²) < 4.78 is 0. The molecule has 1 aromatic heterocycles. The zero-order chi connectivity index (χ0) is 7.11. The monoisotopic (exact) mass is 126 g/mol. The molecule has 1 rings (SSSR count). The Hall–Kier alpha value is -0.790. The van der Waals surface area contributed by atoms with Gasteiger partial charge in [0.1, 0.15) is 0 Å². The van der Waals surface area contributed by atoms with Gasteiger partial charge < -0.3 is 4.98 Å². The lowest BCUT2D eigenvalue weighted by Crippen LogP contribution is -1.73. The minimum absolute atomic E-state index is 1.04. The molecule has 0 spiro atoms. The van der Waals surface area contributed by atoms with Crippen molar-refractivity contribution >= 4 is 0 Å². The van der Waals surface area contributed by atoms with Gasteiger partial charge in [0.2, 0.25) is 0 Å². The average molecular weight is 126 g/mol. The molecule has 0 amide bonds. The first-order valence-electron chi connectivity index (χ1n) is 3.40. The number of aromatic amines is 1. The summed E-state index contributed by atoms with van der Waals surface area (Å²) in [6.45, 7) is 6.09. The van der Waals surface area contributed by atoms with E-state index in [0.717, 1.165) is 6.42 Å². The fraction of sp³-hybridized carbons (Fsp3) is 0.571. The van der Waals surface area contributed by atoms with Gasteiger partial charge >= 0.3 is 0 Å². The quantitative estimate of drug-likeness (QED) is 0.612. The molecule has 0 aliphatic carbocycles. The Morgan fingerprint density at radius 3 is 2.44 bits per heavy atom. The summed E-state index contributed by atoms with van der Waals surface area (Å²) in [5, 5.41) is 0. The minimum atomic E-state index is 1.04. The van der Waals surface area contributed by atoms with Crippen molar-refractivity contribution < 1.29 is 0 Å². The maximum absolute atomic E-state index is 3.84. The Labute approximate surface area is 56.3 Å². The van der Waals surface area contributed by atoms with Crippen molar-refractivity contribution in [3.05, 3.63) is 18.2 Å². The number of nitrogens with zero attached hydrogens (tertiary/aromatic N) is 1. The molecule has 2 heteroatoms. The van der Waals surface area contributed by atoms with Gasteiger partial charge in [0.05, 0.1) is 6.33 Å². The molecule has 0 saturated carbocycles. The summed E-state index contributed by atoms with van der Waals surface area (Å²) >= 11 is 0. The molecule has 0 aromatic carbocycles. The zero-order valence-corrected chi connectivity index (χ0v) is 6.31. The first-order valence-corrected chi connectivity index (χ1v) is 3.40. The fourth-order valence-corrected chi connectivity index (χ4v) is 0.478. The SMILES string of the molecule is CC.CCc1cnc[nH]1. The summed E-state index contributed by atoms with van der Waals surface area (Å²) in [5.74, 6) is 0. The third kappa shape index (κ3) is 2.90. The largest absolute Gasteiger partial charge is 0.349 e. The van der Waals surface area contributed by atoms with Crippen LogP contribution in [0.4, 0.5) is 0 Å². The van der Waals surface area contributed by atoms with E-state index >= 15 is 0 Å². The van der Waals surface area contributed by atoms with Crippen LogP contribution in [0.5, 0.6) is 0 Å². The van der Waals surface area contributed by atoms with Crippen LogP contribution < -0.4 is 0 Å². The van der Waals surface area contributed by atoms with Gasteiger partial charge in [-0.2, -0.15) is 0 Å². The minimum Gasteiger partial charge on any atom is -0.349 e. The van der Waals surface area contributed by atoms with E-state index in [-0.39, 0.29) is 0 Å². The molecule has 52 valence electrons. The van der Waals surface area contributed by atoms with Crippen LogP contribution in [0.1, 0.15) is 26.5 Å². The number of H-pyrrole nitrogens is 1. The summed E-state index contributed by atoms with van der Waals surface area (Å²) in [4.78, 5) is 6.81. The molecule has 1 N–H and O–H groups in total. The third-order valence-corrected chi connectivity index (χ3v) is 0.936. The molecule has 0 unspecified atom stereocenters. The molecule has 0 radical (unpaired) electrons. The highest BCUT2D eigenvalue weighted by molar-refractivity contribution is 4.92. The Morgan fingerprint density at radius 2 is 2.22 bits per heavy atom. The van der Waals surface area contributed by atoms with E-state index in [1.165, 1.54) is 5.69 Å². The zero-order valence-electron chi connectivity index (χ0n) is 6.31. The molecular weight excluding hydrogens is 112 g/mol. The molecule has 9 heavy (non-hydrogen) atoms. The van der Waals surface area contributed by atoms with E-state index in [2.05, 4.69) is 16.9 Å². The van der Waals surface area contributed by atoms with Crippen LogP contribution in [0.2, 0.25) is 0 Å². The lowest BCUT2D eigenvalue weighted by molar-refractivity contribution is 1.06. The number of hydrogen-bond donors (Lipinski definition) is 1. The number of rotatable bonds is 1. The summed E-state index contributed by atoms with van der Waals surface area (Å²) in [6, 6.07) is 0. The van der Waals surface area contributed by atoms with Crippen molar-refractivity contribution in [2.75, 3.05) is 0 Å². The van der Waals surface area contributed by atoms with Crippen molar-refractivity contribution in [3.63, 3.8) is 0 Å². The van der Waals surface area contributed by atoms with Crippen LogP contribution in [0.25, 0.3) is 0 Å². The number of hydrogen-bond acceptors (Lipinski definition) is 1. The van der Waals surface area contributed by atoms with E-state index in [1.807, 2.05) is 20.0 Å². The molecule has 0 fully saturated rings. The van der Waals surface area contributed by atoms with Gasteiger partial charge in [0.25, 0.3) is 0 Å². The van der Waals surface area contributed by atoms with Crippen molar-refractivity contribution in [2.24, 2.45) is 0 Å². The van der Waals surface area contributed by atoms with Gasteiger partial charge in [-0.1, -0.05) is 20.8 Å². The van der Waals surface area contributed by atoms with Crippen LogP contribution in [0, 0.1) is 0 Å². The predicted octanol–water partition coefficient (Wildman–Crippen LogP) is 2.00. The molecule has 1 aromatic rings. The highest BCUT2D eigenvalue weighted by Gasteiger charge is 1.82. The maximum Gasteiger partial charge on any atom is 0.0921 e. The Balaban J connectivity index is 0.000000291. The van der Waals surface area contributed by atoms with Crippen molar-refractivity contribution in [2.45, 2.75) is 27.2 Å². The van der Waals surface area contributed by atoms with Crippen LogP contribution in [0.15, 0.2) is 12.5 Å². The molecule has 1 heterocycles. The molecule has 0 bridgehead atoms. The molecule has 0 aliphatic rings. The summed E-state index contributed by atoms with van der Waals surface area (Å²) in [6.07, 6.45) is 4.57. The lowest BCUT2D eigenvalue weighted by Gasteiger charge is -1.79. The van der Waals surface area contributed by atoms with E-state index in [0.29, 0.717) is 0 Å². The number of imidazole rings is 1. The number of aryl methyl sites for hydroxylation is 1. The predicted molar refractivity (Wildman–Crippen MR) is 39.3 cm³/mol. The molecule has 0 atom stereocenters. The van der Waals surface area contributed by atoms with Crippen LogP contribution in [-0.4, -0.2) is 9.97 Å². The summed E-state index contributed by atoms with van der Waals surface area (Å²) in [7, 11) is 0. The molecule has 2 nitrogen and oxygen atoms in total. The highest BCUT2D eigenvalue weighted by atomic mass is 14.8. The fourth-order valence-electron chi connectivity index (χ4n) is 0.478.